The summed E-state index contributed by atoms with van der Waals surface area (Å²) in [7, 11) is 0. The van der Waals surface area contributed by atoms with Crippen molar-refractivity contribution in [2.75, 3.05) is 5.32 Å². The standard InChI is InChI=1S/C13H11N3O3/c1-8-7-9(5-6-14-8)15-12(17)10-3-2-4-11(16-10)13(18)19/h2-7H,1H3,(H,18,19)(H,14,15,17). The molecule has 0 fully saturated rings. The molecular formula is C13H11N3O3. The summed E-state index contributed by atoms with van der Waals surface area (Å²) in [6.45, 7) is 1.80. The fraction of sp³-hybridized carbons (Fsp3) is 0.0769. The molecule has 0 radical (unpaired) electrons. The fourth-order valence-corrected chi connectivity index (χ4v) is 1.50. The number of nitrogens with one attached hydrogen (secondary N) is 1. The van der Waals surface area contributed by atoms with E-state index in [-0.39, 0.29) is 11.4 Å². The molecule has 0 aliphatic heterocycles. The summed E-state index contributed by atoms with van der Waals surface area (Å²) >= 11 is 0. The van der Waals surface area contributed by atoms with Crippen LogP contribution in [0.3, 0.4) is 0 Å². The summed E-state index contributed by atoms with van der Waals surface area (Å²) < 4.78 is 0. The Morgan fingerprint density at radius 3 is 2.63 bits per heavy atom. The van der Waals surface area contributed by atoms with Crippen LogP contribution in [-0.4, -0.2) is 27.0 Å². The number of amides is 1. The third-order valence-electron chi connectivity index (χ3n) is 2.36. The molecule has 0 unspecified atom stereocenters. The predicted molar refractivity (Wildman–Crippen MR) is 68.1 cm³/mol. The van der Waals surface area contributed by atoms with E-state index in [0.717, 1.165) is 5.69 Å². The van der Waals surface area contributed by atoms with E-state index in [1.165, 1.54) is 18.2 Å². The van der Waals surface area contributed by atoms with Crippen molar-refractivity contribution in [3.63, 3.8) is 0 Å². The second-order valence-corrected chi connectivity index (χ2v) is 3.85. The van der Waals surface area contributed by atoms with Crippen LogP contribution >= 0.6 is 0 Å². The zero-order valence-corrected chi connectivity index (χ0v) is 10.1. The van der Waals surface area contributed by atoms with Gasteiger partial charge in [-0.15, -0.1) is 0 Å². The Hall–Kier alpha value is -2.76. The van der Waals surface area contributed by atoms with E-state index < -0.39 is 11.9 Å². The van der Waals surface area contributed by atoms with Gasteiger partial charge in [0.2, 0.25) is 0 Å². The molecule has 6 nitrogen and oxygen atoms in total. The highest BCUT2D eigenvalue weighted by Gasteiger charge is 2.11. The number of hydrogen-bond acceptors (Lipinski definition) is 4. The highest BCUT2D eigenvalue weighted by molar-refractivity contribution is 6.03. The van der Waals surface area contributed by atoms with Gasteiger partial charge in [0, 0.05) is 17.6 Å². The van der Waals surface area contributed by atoms with Crippen molar-refractivity contribution >= 4 is 17.6 Å². The Kier molecular flexibility index (Phi) is 3.51. The van der Waals surface area contributed by atoms with Crippen molar-refractivity contribution in [1.29, 1.82) is 0 Å². The van der Waals surface area contributed by atoms with Gasteiger partial charge in [-0.3, -0.25) is 9.78 Å². The van der Waals surface area contributed by atoms with Gasteiger partial charge in [0.15, 0.2) is 0 Å². The minimum atomic E-state index is -1.17. The van der Waals surface area contributed by atoms with Crippen LogP contribution in [0.1, 0.15) is 26.7 Å². The SMILES string of the molecule is Cc1cc(NC(=O)c2cccc(C(=O)O)n2)ccn1. The molecule has 2 rings (SSSR count). The maximum atomic E-state index is 11.9. The lowest BCUT2D eigenvalue weighted by Crippen LogP contribution is -2.15. The number of anilines is 1. The van der Waals surface area contributed by atoms with Crippen LogP contribution in [0.5, 0.6) is 0 Å². The molecule has 1 amide bonds. The summed E-state index contributed by atoms with van der Waals surface area (Å²) in [5.41, 5.74) is 1.23. The van der Waals surface area contributed by atoms with Crippen molar-refractivity contribution in [3.8, 4) is 0 Å². The van der Waals surface area contributed by atoms with E-state index in [0.29, 0.717) is 5.69 Å². The quantitative estimate of drug-likeness (QED) is 0.873. The molecule has 0 bridgehead atoms. The van der Waals surface area contributed by atoms with Gasteiger partial charge >= 0.3 is 5.97 Å². The number of aryl methyl sites for hydroxylation is 1. The molecule has 0 aliphatic rings. The van der Waals surface area contributed by atoms with Crippen LogP contribution in [0.2, 0.25) is 0 Å². The van der Waals surface area contributed by atoms with Crippen molar-refractivity contribution in [1.82, 2.24) is 9.97 Å². The molecule has 0 spiro atoms. The highest BCUT2D eigenvalue weighted by atomic mass is 16.4. The first-order valence-corrected chi connectivity index (χ1v) is 5.50. The summed E-state index contributed by atoms with van der Waals surface area (Å²) in [5, 5.41) is 11.4. The normalized spacial score (nSPS) is 9.95. The molecule has 0 aliphatic carbocycles. The molecular weight excluding hydrogens is 246 g/mol. The van der Waals surface area contributed by atoms with Crippen LogP contribution in [-0.2, 0) is 0 Å². The van der Waals surface area contributed by atoms with Gasteiger partial charge in [-0.25, -0.2) is 9.78 Å². The third-order valence-corrected chi connectivity index (χ3v) is 2.36. The number of carboxylic acid groups (broad SMARTS) is 1. The number of carboxylic acids is 1. The van der Waals surface area contributed by atoms with Crippen LogP contribution in [0.25, 0.3) is 0 Å². The van der Waals surface area contributed by atoms with Gasteiger partial charge in [0.1, 0.15) is 11.4 Å². The van der Waals surface area contributed by atoms with E-state index >= 15 is 0 Å². The average molecular weight is 257 g/mol. The van der Waals surface area contributed by atoms with Crippen LogP contribution in [0.15, 0.2) is 36.5 Å². The van der Waals surface area contributed by atoms with Gasteiger partial charge in [-0.1, -0.05) is 6.07 Å². The number of aromatic nitrogens is 2. The first-order chi connectivity index (χ1) is 9.06. The van der Waals surface area contributed by atoms with Crippen molar-refractivity contribution in [2.24, 2.45) is 0 Å². The summed E-state index contributed by atoms with van der Waals surface area (Å²) in [6, 6.07) is 7.61. The molecule has 0 saturated carbocycles. The first-order valence-electron chi connectivity index (χ1n) is 5.50. The minimum absolute atomic E-state index is 0.0503. The number of hydrogen-bond donors (Lipinski definition) is 2. The maximum absolute atomic E-state index is 11.9. The Labute approximate surface area is 109 Å². The number of carbonyl (C=O) groups is 2. The molecule has 2 N–H and O–H groups in total. The lowest BCUT2D eigenvalue weighted by molar-refractivity contribution is 0.0690. The largest absolute Gasteiger partial charge is 0.477 e. The molecule has 0 saturated heterocycles. The van der Waals surface area contributed by atoms with Gasteiger partial charge in [-0.05, 0) is 31.2 Å². The number of pyridine rings is 2. The van der Waals surface area contributed by atoms with Gasteiger partial charge in [0.25, 0.3) is 5.91 Å². The Morgan fingerprint density at radius 1 is 1.21 bits per heavy atom. The molecule has 19 heavy (non-hydrogen) atoms. The number of nitrogens with zero attached hydrogens (tertiary/aromatic N) is 2. The molecule has 2 aromatic heterocycles. The minimum Gasteiger partial charge on any atom is -0.477 e. The molecule has 2 aromatic rings. The van der Waals surface area contributed by atoms with E-state index in [2.05, 4.69) is 15.3 Å². The third kappa shape index (κ3) is 3.12. The van der Waals surface area contributed by atoms with Crippen LogP contribution in [0, 0.1) is 6.92 Å². The van der Waals surface area contributed by atoms with Crippen LogP contribution < -0.4 is 5.32 Å². The summed E-state index contributed by atoms with van der Waals surface area (Å²) in [4.78, 5) is 30.5. The fourth-order valence-electron chi connectivity index (χ4n) is 1.50. The van der Waals surface area contributed by atoms with Gasteiger partial charge in [-0.2, -0.15) is 0 Å². The zero-order valence-electron chi connectivity index (χ0n) is 10.1. The Morgan fingerprint density at radius 2 is 1.95 bits per heavy atom. The smallest absolute Gasteiger partial charge is 0.354 e. The van der Waals surface area contributed by atoms with Crippen molar-refractivity contribution in [2.45, 2.75) is 6.92 Å². The second kappa shape index (κ2) is 5.26. The summed E-state index contributed by atoms with van der Waals surface area (Å²) in [6.07, 6.45) is 1.58. The maximum Gasteiger partial charge on any atom is 0.354 e. The average Bonchev–Trinajstić information content (AvgIpc) is 2.39. The monoisotopic (exact) mass is 257 g/mol. The topological polar surface area (TPSA) is 92.2 Å². The Balaban J connectivity index is 2.20. The summed E-state index contributed by atoms with van der Waals surface area (Å²) in [5.74, 6) is -1.64. The lowest BCUT2D eigenvalue weighted by atomic mass is 10.2. The Bertz CT molecular complexity index is 641. The molecule has 0 atom stereocenters. The van der Waals surface area contributed by atoms with E-state index in [1.807, 2.05) is 0 Å². The molecule has 0 aromatic carbocycles. The number of rotatable bonds is 3. The first kappa shape index (κ1) is 12.7. The molecule has 6 heteroatoms. The lowest BCUT2D eigenvalue weighted by Gasteiger charge is -2.05. The number of carbonyl (C=O) groups excluding carboxylic acids is 1. The van der Waals surface area contributed by atoms with Crippen LogP contribution in [0.4, 0.5) is 5.69 Å². The van der Waals surface area contributed by atoms with Crippen molar-refractivity contribution < 1.29 is 14.7 Å². The molecule has 96 valence electrons. The zero-order chi connectivity index (χ0) is 13.8. The number of aromatic carboxylic acids is 1. The second-order valence-electron chi connectivity index (χ2n) is 3.85. The van der Waals surface area contributed by atoms with E-state index in [4.69, 9.17) is 5.11 Å². The highest BCUT2D eigenvalue weighted by Crippen LogP contribution is 2.09. The molecule has 2 heterocycles. The van der Waals surface area contributed by atoms with Gasteiger partial charge < -0.3 is 10.4 Å². The predicted octanol–water partition coefficient (Wildman–Crippen LogP) is 1.74. The van der Waals surface area contributed by atoms with Crippen molar-refractivity contribution in [3.05, 3.63) is 53.6 Å². The van der Waals surface area contributed by atoms with E-state index in [9.17, 15) is 9.59 Å². The van der Waals surface area contributed by atoms with Gasteiger partial charge in [0.05, 0.1) is 0 Å². The van der Waals surface area contributed by atoms with E-state index in [1.54, 1.807) is 25.3 Å².